The highest BCUT2D eigenvalue weighted by Crippen LogP contribution is 2.19. The first-order chi connectivity index (χ1) is 8.77. The molecule has 0 heterocycles. The summed E-state index contributed by atoms with van der Waals surface area (Å²) in [5.74, 6) is 0.232. The van der Waals surface area contributed by atoms with Gasteiger partial charge in [0.1, 0.15) is 6.10 Å². The van der Waals surface area contributed by atoms with Crippen LogP contribution >= 0.6 is 0 Å². The number of rotatable bonds is 3. The second kappa shape index (κ2) is 6.55. The van der Waals surface area contributed by atoms with Gasteiger partial charge in [-0.05, 0) is 31.4 Å². The van der Waals surface area contributed by atoms with E-state index >= 15 is 0 Å². The van der Waals surface area contributed by atoms with Gasteiger partial charge in [0.2, 0.25) is 0 Å². The number of ketones is 1. The fourth-order valence-corrected chi connectivity index (χ4v) is 2.25. The third kappa shape index (κ3) is 3.57. The first-order valence-corrected chi connectivity index (χ1v) is 6.77. The number of nitrogens with one attached hydrogen (secondary N) is 1. The quantitative estimate of drug-likeness (QED) is 0.829. The predicted octanol–water partition coefficient (Wildman–Crippen LogP) is 3.63. The van der Waals surface area contributed by atoms with Gasteiger partial charge in [-0.15, -0.1) is 0 Å². The van der Waals surface area contributed by atoms with E-state index in [2.05, 4.69) is 5.48 Å². The lowest BCUT2D eigenvalue weighted by molar-refractivity contribution is -0.129. The number of hydrogen-bond donors (Lipinski definition) is 1. The Morgan fingerprint density at radius 3 is 2.78 bits per heavy atom. The molecule has 0 spiro atoms. The number of carbonyl (C=O) groups is 1. The lowest BCUT2D eigenvalue weighted by Crippen LogP contribution is -2.28. The van der Waals surface area contributed by atoms with Crippen LogP contribution in [0.3, 0.4) is 0 Å². The van der Waals surface area contributed by atoms with Crippen molar-refractivity contribution in [2.45, 2.75) is 51.6 Å². The van der Waals surface area contributed by atoms with E-state index in [4.69, 9.17) is 4.84 Å². The van der Waals surface area contributed by atoms with Crippen LogP contribution in [0, 0.1) is 6.92 Å². The highest BCUT2D eigenvalue weighted by atomic mass is 16.7. The van der Waals surface area contributed by atoms with Crippen LogP contribution in [0.2, 0.25) is 0 Å². The van der Waals surface area contributed by atoms with Crippen LogP contribution in [0.4, 0.5) is 5.69 Å². The molecule has 3 nitrogen and oxygen atoms in total. The van der Waals surface area contributed by atoms with E-state index in [-0.39, 0.29) is 11.9 Å². The Labute approximate surface area is 108 Å². The van der Waals surface area contributed by atoms with Crippen LogP contribution in [0.5, 0.6) is 0 Å². The highest BCUT2D eigenvalue weighted by molar-refractivity contribution is 5.83. The second-order valence-corrected chi connectivity index (χ2v) is 4.94. The maximum atomic E-state index is 11.9. The zero-order valence-electron chi connectivity index (χ0n) is 10.9. The van der Waals surface area contributed by atoms with Crippen LogP contribution in [0.1, 0.15) is 44.1 Å². The summed E-state index contributed by atoms with van der Waals surface area (Å²) in [6, 6.07) is 7.93. The fourth-order valence-electron chi connectivity index (χ4n) is 2.25. The topological polar surface area (TPSA) is 38.3 Å². The molecule has 98 valence electrons. The number of benzene rings is 1. The molecule has 1 aromatic rings. The number of anilines is 1. The molecular weight excluding hydrogens is 226 g/mol. The molecule has 1 aliphatic carbocycles. The van der Waals surface area contributed by atoms with Crippen LogP contribution in [0.25, 0.3) is 0 Å². The molecule has 1 aliphatic rings. The molecule has 1 atom stereocenters. The minimum absolute atomic E-state index is 0.232. The van der Waals surface area contributed by atoms with Crippen molar-refractivity contribution in [2.75, 3.05) is 5.48 Å². The summed E-state index contributed by atoms with van der Waals surface area (Å²) in [7, 11) is 0. The zero-order valence-corrected chi connectivity index (χ0v) is 10.9. The first kappa shape index (κ1) is 13.1. The molecule has 1 fully saturated rings. The highest BCUT2D eigenvalue weighted by Gasteiger charge is 2.20. The normalized spacial score (nSPS) is 21.2. The average Bonchev–Trinajstić information content (AvgIpc) is 2.35. The van der Waals surface area contributed by atoms with Crippen molar-refractivity contribution in [3.63, 3.8) is 0 Å². The Morgan fingerprint density at radius 2 is 1.94 bits per heavy atom. The van der Waals surface area contributed by atoms with Crippen LogP contribution in [0.15, 0.2) is 24.3 Å². The van der Waals surface area contributed by atoms with E-state index in [1.54, 1.807) is 0 Å². The lowest BCUT2D eigenvalue weighted by atomic mass is 9.98. The summed E-state index contributed by atoms with van der Waals surface area (Å²) in [6.45, 7) is 2.02. The molecule has 0 bridgehead atoms. The smallest absolute Gasteiger partial charge is 0.164 e. The van der Waals surface area contributed by atoms with Gasteiger partial charge in [-0.3, -0.25) is 15.1 Å². The largest absolute Gasteiger partial charge is 0.297 e. The summed E-state index contributed by atoms with van der Waals surface area (Å²) in [4.78, 5) is 17.5. The van der Waals surface area contributed by atoms with E-state index in [1.165, 1.54) is 12.8 Å². The van der Waals surface area contributed by atoms with Crippen molar-refractivity contribution in [1.29, 1.82) is 0 Å². The van der Waals surface area contributed by atoms with Crippen molar-refractivity contribution in [3.05, 3.63) is 29.8 Å². The van der Waals surface area contributed by atoms with E-state index in [1.807, 2.05) is 31.2 Å². The fraction of sp³-hybridized carbons (Fsp3) is 0.533. The van der Waals surface area contributed by atoms with Gasteiger partial charge in [0, 0.05) is 6.42 Å². The van der Waals surface area contributed by atoms with Crippen LogP contribution < -0.4 is 5.48 Å². The lowest BCUT2D eigenvalue weighted by Gasteiger charge is -2.20. The third-order valence-corrected chi connectivity index (χ3v) is 3.45. The molecule has 1 aromatic carbocycles. The minimum atomic E-state index is -0.287. The monoisotopic (exact) mass is 247 g/mol. The summed E-state index contributed by atoms with van der Waals surface area (Å²) in [5, 5.41) is 0. The van der Waals surface area contributed by atoms with Gasteiger partial charge in [0.15, 0.2) is 5.78 Å². The Balaban J connectivity index is 1.91. The molecule has 1 saturated carbocycles. The number of aryl methyl sites for hydroxylation is 1. The Kier molecular flexibility index (Phi) is 4.76. The molecule has 0 aromatic heterocycles. The van der Waals surface area contributed by atoms with Gasteiger partial charge in [-0.1, -0.05) is 37.5 Å². The SMILES string of the molecule is Cc1ccccc1NOC1CCCCCCC1=O. The molecule has 18 heavy (non-hydrogen) atoms. The molecule has 0 radical (unpaired) electrons. The average molecular weight is 247 g/mol. The van der Waals surface area contributed by atoms with Crippen molar-refractivity contribution < 1.29 is 9.63 Å². The standard InChI is InChI=1S/C15H21NO2/c1-12-8-6-7-9-13(12)16-18-15-11-5-3-2-4-10-14(15)17/h6-9,15-16H,2-5,10-11H2,1H3. The van der Waals surface area contributed by atoms with Gasteiger partial charge in [0.05, 0.1) is 5.69 Å². The van der Waals surface area contributed by atoms with Gasteiger partial charge >= 0.3 is 0 Å². The summed E-state index contributed by atoms with van der Waals surface area (Å²) >= 11 is 0. The summed E-state index contributed by atoms with van der Waals surface area (Å²) < 4.78 is 0. The van der Waals surface area contributed by atoms with Gasteiger partial charge in [-0.2, -0.15) is 0 Å². The molecule has 0 amide bonds. The van der Waals surface area contributed by atoms with Crippen LogP contribution in [-0.2, 0) is 9.63 Å². The molecule has 2 rings (SSSR count). The van der Waals surface area contributed by atoms with Gasteiger partial charge in [0.25, 0.3) is 0 Å². The molecule has 3 heteroatoms. The molecule has 1 N–H and O–H groups in total. The maximum Gasteiger partial charge on any atom is 0.164 e. The molecule has 0 aliphatic heterocycles. The second-order valence-electron chi connectivity index (χ2n) is 4.94. The Morgan fingerprint density at radius 1 is 1.17 bits per heavy atom. The van der Waals surface area contributed by atoms with E-state index < -0.39 is 0 Å². The molecule has 0 saturated heterocycles. The number of carbonyl (C=O) groups excluding carboxylic acids is 1. The predicted molar refractivity (Wildman–Crippen MR) is 72.4 cm³/mol. The van der Waals surface area contributed by atoms with E-state index in [0.29, 0.717) is 6.42 Å². The molecular formula is C15H21NO2. The van der Waals surface area contributed by atoms with Crippen molar-refractivity contribution >= 4 is 11.5 Å². The minimum Gasteiger partial charge on any atom is -0.297 e. The third-order valence-electron chi connectivity index (χ3n) is 3.45. The summed E-state index contributed by atoms with van der Waals surface area (Å²) in [5.41, 5.74) is 5.00. The Bertz CT molecular complexity index is 403. The molecule has 1 unspecified atom stereocenters. The van der Waals surface area contributed by atoms with Crippen LogP contribution in [-0.4, -0.2) is 11.9 Å². The van der Waals surface area contributed by atoms with Crippen molar-refractivity contribution in [3.8, 4) is 0 Å². The number of Topliss-reactive ketones (excluding diaryl/α,β-unsaturated/α-hetero) is 1. The first-order valence-electron chi connectivity index (χ1n) is 6.77. The number of hydrogen-bond acceptors (Lipinski definition) is 3. The Hall–Kier alpha value is -1.35. The van der Waals surface area contributed by atoms with Crippen molar-refractivity contribution in [2.24, 2.45) is 0 Å². The number of para-hydroxylation sites is 1. The van der Waals surface area contributed by atoms with E-state index in [0.717, 1.165) is 30.5 Å². The van der Waals surface area contributed by atoms with E-state index in [9.17, 15) is 4.79 Å². The summed E-state index contributed by atoms with van der Waals surface area (Å²) in [6.07, 6.45) is 5.65. The van der Waals surface area contributed by atoms with Gasteiger partial charge in [-0.25, -0.2) is 0 Å². The van der Waals surface area contributed by atoms with Crippen molar-refractivity contribution in [1.82, 2.24) is 0 Å². The zero-order chi connectivity index (χ0) is 12.8. The maximum absolute atomic E-state index is 11.9. The van der Waals surface area contributed by atoms with Gasteiger partial charge < -0.3 is 0 Å².